The van der Waals surface area contributed by atoms with Crippen LogP contribution in [0.15, 0.2) is 18.2 Å². The molecule has 0 aliphatic heterocycles. The predicted octanol–water partition coefficient (Wildman–Crippen LogP) is 3.36. The number of unbranched alkanes of at least 4 members (excludes halogenated alkanes) is 1. The van der Waals surface area contributed by atoms with Gasteiger partial charge in [0.15, 0.2) is 0 Å². The summed E-state index contributed by atoms with van der Waals surface area (Å²) < 4.78 is 18.9. The first kappa shape index (κ1) is 15.5. The molecule has 0 aromatic heterocycles. The van der Waals surface area contributed by atoms with E-state index in [1.807, 2.05) is 0 Å². The van der Waals surface area contributed by atoms with E-state index in [-0.39, 0.29) is 5.82 Å². The first-order chi connectivity index (χ1) is 9.13. The Morgan fingerprint density at radius 3 is 2.89 bits per heavy atom. The summed E-state index contributed by atoms with van der Waals surface area (Å²) in [6.45, 7) is 6.34. The van der Waals surface area contributed by atoms with Crippen LogP contribution in [0, 0.1) is 24.1 Å². The van der Waals surface area contributed by atoms with Crippen LogP contribution in [-0.2, 0) is 6.54 Å². The Balaban J connectivity index is 2.56. The van der Waals surface area contributed by atoms with Crippen LogP contribution >= 0.6 is 0 Å². The summed E-state index contributed by atoms with van der Waals surface area (Å²) in [6.07, 6.45) is 6.70. The van der Waals surface area contributed by atoms with Crippen molar-refractivity contribution >= 4 is 0 Å². The maximum atomic E-state index is 13.3. The van der Waals surface area contributed by atoms with Crippen molar-refractivity contribution in [3.05, 3.63) is 29.6 Å². The molecule has 0 spiro atoms. The second-order valence-electron chi connectivity index (χ2n) is 4.93. The maximum absolute atomic E-state index is 13.3. The summed E-state index contributed by atoms with van der Waals surface area (Å²) in [7, 11) is 0. The topological polar surface area (TPSA) is 21.3 Å². The van der Waals surface area contributed by atoms with Crippen LogP contribution < -0.4 is 10.1 Å². The number of halogens is 1. The van der Waals surface area contributed by atoms with Gasteiger partial charge >= 0.3 is 0 Å². The Morgan fingerprint density at radius 1 is 1.42 bits per heavy atom. The zero-order valence-electron chi connectivity index (χ0n) is 11.7. The zero-order chi connectivity index (χ0) is 14.1. The molecule has 2 nitrogen and oxygen atoms in total. The van der Waals surface area contributed by atoms with E-state index in [9.17, 15) is 4.39 Å². The van der Waals surface area contributed by atoms with Crippen LogP contribution in [0.25, 0.3) is 0 Å². The van der Waals surface area contributed by atoms with E-state index < -0.39 is 0 Å². The van der Waals surface area contributed by atoms with Gasteiger partial charge in [0.05, 0.1) is 6.61 Å². The molecule has 1 aromatic rings. The number of hydrogen-bond acceptors (Lipinski definition) is 2. The molecule has 0 saturated carbocycles. The standard InChI is InChI=1S/C16H22FNO/c1-4-5-6-9-19-16-8-7-15(17)10-14(16)12-18-11-13(2)3/h1,7-8,10,13,18H,5-6,9,11-12H2,2-3H3. The van der Waals surface area contributed by atoms with Gasteiger partial charge < -0.3 is 10.1 Å². The molecule has 0 radical (unpaired) electrons. The smallest absolute Gasteiger partial charge is 0.123 e. The number of ether oxygens (including phenoxy) is 1. The lowest BCUT2D eigenvalue weighted by Gasteiger charge is -2.13. The number of rotatable bonds is 8. The van der Waals surface area contributed by atoms with E-state index in [1.54, 1.807) is 6.07 Å². The Hall–Kier alpha value is -1.53. The van der Waals surface area contributed by atoms with E-state index in [4.69, 9.17) is 11.2 Å². The molecule has 3 heteroatoms. The van der Waals surface area contributed by atoms with Crippen LogP contribution in [0.3, 0.4) is 0 Å². The van der Waals surface area contributed by atoms with Crippen LogP contribution in [0.1, 0.15) is 32.3 Å². The third-order valence-electron chi connectivity index (χ3n) is 2.61. The molecule has 0 unspecified atom stereocenters. The Kier molecular flexibility index (Phi) is 6.99. The molecular weight excluding hydrogens is 241 g/mol. The molecular formula is C16H22FNO. The monoisotopic (exact) mass is 263 g/mol. The van der Waals surface area contributed by atoms with E-state index in [0.717, 1.165) is 24.3 Å². The molecule has 19 heavy (non-hydrogen) atoms. The van der Waals surface area contributed by atoms with Crippen LogP contribution in [-0.4, -0.2) is 13.2 Å². The van der Waals surface area contributed by atoms with Gasteiger partial charge in [-0.3, -0.25) is 0 Å². The second-order valence-corrected chi connectivity index (χ2v) is 4.93. The van der Waals surface area contributed by atoms with E-state index in [1.165, 1.54) is 12.1 Å². The molecule has 104 valence electrons. The predicted molar refractivity (Wildman–Crippen MR) is 76.5 cm³/mol. The molecule has 1 N–H and O–H groups in total. The Labute approximate surface area is 115 Å². The molecule has 0 fully saturated rings. The van der Waals surface area contributed by atoms with Crippen molar-refractivity contribution in [1.82, 2.24) is 5.32 Å². The number of terminal acetylenes is 1. The Bertz CT molecular complexity index is 423. The quantitative estimate of drug-likeness (QED) is 0.573. The van der Waals surface area contributed by atoms with Crippen molar-refractivity contribution in [2.24, 2.45) is 5.92 Å². The minimum Gasteiger partial charge on any atom is -0.493 e. The first-order valence-corrected chi connectivity index (χ1v) is 6.69. The van der Waals surface area contributed by atoms with Gasteiger partial charge in [-0.1, -0.05) is 13.8 Å². The minimum atomic E-state index is -0.239. The molecule has 0 atom stereocenters. The summed E-state index contributed by atoms with van der Waals surface area (Å²) >= 11 is 0. The average molecular weight is 263 g/mol. The maximum Gasteiger partial charge on any atom is 0.123 e. The van der Waals surface area contributed by atoms with Crippen LogP contribution in [0.5, 0.6) is 5.75 Å². The van der Waals surface area contributed by atoms with E-state index in [0.29, 0.717) is 25.5 Å². The van der Waals surface area contributed by atoms with Crippen LogP contribution in [0.4, 0.5) is 4.39 Å². The highest BCUT2D eigenvalue weighted by Gasteiger charge is 2.05. The fourth-order valence-corrected chi connectivity index (χ4v) is 1.68. The molecule has 0 amide bonds. The van der Waals surface area contributed by atoms with Gasteiger partial charge in [-0.25, -0.2) is 4.39 Å². The summed E-state index contributed by atoms with van der Waals surface area (Å²) in [5.41, 5.74) is 0.848. The normalized spacial score (nSPS) is 10.5. The summed E-state index contributed by atoms with van der Waals surface area (Å²) in [4.78, 5) is 0. The number of nitrogens with one attached hydrogen (secondary N) is 1. The summed E-state index contributed by atoms with van der Waals surface area (Å²) in [5, 5.41) is 3.29. The lowest BCUT2D eigenvalue weighted by atomic mass is 10.1. The van der Waals surface area contributed by atoms with Gasteiger partial charge in [0.2, 0.25) is 0 Å². The molecule has 0 saturated heterocycles. The highest BCUT2D eigenvalue weighted by atomic mass is 19.1. The molecule has 0 heterocycles. The third kappa shape index (κ3) is 6.26. The third-order valence-corrected chi connectivity index (χ3v) is 2.61. The van der Waals surface area contributed by atoms with Gasteiger partial charge in [0, 0.05) is 18.5 Å². The van der Waals surface area contributed by atoms with Crippen molar-refractivity contribution in [2.75, 3.05) is 13.2 Å². The van der Waals surface area contributed by atoms with Crippen molar-refractivity contribution in [3.63, 3.8) is 0 Å². The van der Waals surface area contributed by atoms with E-state index >= 15 is 0 Å². The Morgan fingerprint density at radius 2 is 2.21 bits per heavy atom. The molecule has 0 aliphatic carbocycles. The lowest BCUT2D eigenvalue weighted by molar-refractivity contribution is 0.308. The van der Waals surface area contributed by atoms with E-state index in [2.05, 4.69) is 25.1 Å². The molecule has 0 bridgehead atoms. The van der Waals surface area contributed by atoms with Gasteiger partial charge in [0.1, 0.15) is 11.6 Å². The van der Waals surface area contributed by atoms with Gasteiger partial charge in [-0.05, 0) is 37.1 Å². The highest BCUT2D eigenvalue weighted by molar-refractivity contribution is 5.33. The van der Waals surface area contributed by atoms with Gasteiger partial charge in [0.25, 0.3) is 0 Å². The summed E-state index contributed by atoms with van der Waals surface area (Å²) in [5.74, 6) is 3.63. The van der Waals surface area contributed by atoms with Gasteiger partial charge in [-0.15, -0.1) is 12.3 Å². The second kappa shape index (κ2) is 8.55. The highest BCUT2D eigenvalue weighted by Crippen LogP contribution is 2.20. The largest absolute Gasteiger partial charge is 0.493 e. The minimum absolute atomic E-state index is 0.239. The average Bonchev–Trinajstić information content (AvgIpc) is 2.36. The summed E-state index contributed by atoms with van der Waals surface area (Å²) in [6, 6.07) is 4.61. The van der Waals surface area contributed by atoms with Crippen LogP contribution in [0.2, 0.25) is 0 Å². The lowest BCUT2D eigenvalue weighted by Crippen LogP contribution is -2.19. The fourth-order valence-electron chi connectivity index (χ4n) is 1.68. The molecule has 1 aromatic carbocycles. The zero-order valence-corrected chi connectivity index (χ0v) is 11.7. The SMILES string of the molecule is C#CCCCOc1ccc(F)cc1CNCC(C)C. The van der Waals surface area contributed by atoms with Gasteiger partial charge in [-0.2, -0.15) is 0 Å². The molecule has 1 rings (SSSR count). The van der Waals surface area contributed by atoms with Crippen molar-refractivity contribution in [2.45, 2.75) is 33.2 Å². The van der Waals surface area contributed by atoms with Crippen molar-refractivity contribution in [3.8, 4) is 18.1 Å². The number of hydrogen-bond donors (Lipinski definition) is 1. The van der Waals surface area contributed by atoms with Crippen molar-refractivity contribution < 1.29 is 9.13 Å². The van der Waals surface area contributed by atoms with Crippen molar-refractivity contribution in [1.29, 1.82) is 0 Å². The number of benzene rings is 1. The first-order valence-electron chi connectivity index (χ1n) is 6.69. The fraction of sp³-hybridized carbons (Fsp3) is 0.500. The molecule has 0 aliphatic rings.